The zero-order valence-corrected chi connectivity index (χ0v) is 6.42. The monoisotopic (exact) mass is 201 g/mol. The molecule has 0 unspecified atom stereocenters. The summed E-state index contributed by atoms with van der Waals surface area (Å²) in [5, 5.41) is 0. The first-order chi connectivity index (χ1) is 5.02. The lowest BCUT2D eigenvalue weighted by Gasteiger charge is -2.04. The molecule has 0 radical (unpaired) electrons. The molecule has 0 aromatic carbocycles. The van der Waals surface area contributed by atoms with Crippen molar-refractivity contribution < 1.29 is 17.6 Å². The molecule has 0 amide bonds. The van der Waals surface area contributed by atoms with Gasteiger partial charge in [0, 0.05) is 6.20 Å². The van der Waals surface area contributed by atoms with E-state index in [-0.39, 0.29) is 12.4 Å². The molecule has 0 aliphatic rings. The second-order valence-corrected chi connectivity index (χ2v) is 1.83. The van der Waals surface area contributed by atoms with Crippen LogP contribution in [0.2, 0.25) is 0 Å². The van der Waals surface area contributed by atoms with Gasteiger partial charge >= 0.3 is 6.18 Å². The molecule has 0 fully saturated rings. The van der Waals surface area contributed by atoms with Crippen LogP contribution in [0.25, 0.3) is 0 Å². The van der Waals surface area contributed by atoms with Crippen molar-refractivity contribution in [2.75, 3.05) is 0 Å². The molecule has 0 bridgehead atoms. The molecule has 1 nitrogen and oxygen atoms in total. The summed E-state index contributed by atoms with van der Waals surface area (Å²) in [7, 11) is 0. The predicted molar refractivity (Wildman–Crippen MR) is 36.4 cm³/mol. The molecule has 12 heavy (non-hydrogen) atoms. The molecular weight excluding hydrogens is 198 g/mol. The van der Waals surface area contributed by atoms with E-state index in [1.54, 1.807) is 0 Å². The summed E-state index contributed by atoms with van der Waals surface area (Å²) in [5.41, 5.74) is -1.47. The van der Waals surface area contributed by atoms with Gasteiger partial charge in [0.1, 0.15) is 0 Å². The molecule has 0 atom stereocenters. The van der Waals surface area contributed by atoms with Crippen molar-refractivity contribution in [3.05, 3.63) is 29.8 Å². The SMILES string of the molecule is Cl.Fc1cccnc1C(F)(F)F. The molecule has 0 aliphatic carbocycles. The van der Waals surface area contributed by atoms with Crippen molar-refractivity contribution in [3.63, 3.8) is 0 Å². The van der Waals surface area contributed by atoms with Gasteiger partial charge in [-0.3, -0.25) is 0 Å². The molecule has 1 aromatic rings. The first-order valence-corrected chi connectivity index (χ1v) is 2.69. The van der Waals surface area contributed by atoms with Crippen LogP contribution < -0.4 is 0 Å². The summed E-state index contributed by atoms with van der Waals surface area (Å²) in [6.45, 7) is 0. The molecule has 0 N–H and O–H groups in total. The number of aromatic nitrogens is 1. The Balaban J connectivity index is 0.00000121. The molecule has 1 aromatic heterocycles. The van der Waals surface area contributed by atoms with Crippen LogP contribution >= 0.6 is 12.4 Å². The van der Waals surface area contributed by atoms with Crippen LogP contribution in [-0.4, -0.2) is 4.98 Å². The second-order valence-electron chi connectivity index (χ2n) is 1.83. The molecule has 1 rings (SSSR count). The van der Waals surface area contributed by atoms with Crippen molar-refractivity contribution in [1.82, 2.24) is 4.98 Å². The number of hydrogen-bond acceptors (Lipinski definition) is 1. The fraction of sp³-hybridized carbons (Fsp3) is 0.167. The normalized spacial score (nSPS) is 10.7. The summed E-state index contributed by atoms with van der Waals surface area (Å²) in [6.07, 6.45) is -3.81. The summed E-state index contributed by atoms with van der Waals surface area (Å²) < 4.78 is 47.5. The van der Waals surface area contributed by atoms with Crippen LogP contribution in [0.4, 0.5) is 17.6 Å². The van der Waals surface area contributed by atoms with Gasteiger partial charge in [-0.05, 0) is 12.1 Å². The first kappa shape index (κ1) is 11.2. The van der Waals surface area contributed by atoms with Gasteiger partial charge in [0.2, 0.25) is 0 Å². The smallest absolute Gasteiger partial charge is 0.249 e. The van der Waals surface area contributed by atoms with Crippen LogP contribution in [0.3, 0.4) is 0 Å². The number of alkyl halides is 3. The third kappa shape index (κ3) is 2.34. The lowest BCUT2D eigenvalue weighted by molar-refractivity contribution is -0.143. The first-order valence-electron chi connectivity index (χ1n) is 2.69. The molecular formula is C6H4ClF4N. The van der Waals surface area contributed by atoms with Crippen molar-refractivity contribution in [1.29, 1.82) is 0 Å². The van der Waals surface area contributed by atoms with E-state index in [0.717, 1.165) is 18.3 Å². The summed E-state index contributed by atoms with van der Waals surface area (Å²) in [6, 6.07) is 1.82. The molecule has 0 spiro atoms. The van der Waals surface area contributed by atoms with E-state index in [9.17, 15) is 17.6 Å². The van der Waals surface area contributed by atoms with Gasteiger partial charge in [0.25, 0.3) is 0 Å². The Hall–Kier alpha value is -0.840. The second kappa shape index (κ2) is 3.71. The van der Waals surface area contributed by atoms with E-state index in [2.05, 4.69) is 4.98 Å². The van der Waals surface area contributed by atoms with Crippen LogP contribution in [0.1, 0.15) is 5.69 Å². The van der Waals surface area contributed by atoms with Gasteiger partial charge in [-0.25, -0.2) is 9.37 Å². The minimum atomic E-state index is -4.70. The Kier molecular flexibility index (Phi) is 3.45. The largest absolute Gasteiger partial charge is 0.436 e. The summed E-state index contributed by atoms with van der Waals surface area (Å²) in [4.78, 5) is 2.85. The highest BCUT2D eigenvalue weighted by Gasteiger charge is 2.35. The van der Waals surface area contributed by atoms with Gasteiger partial charge < -0.3 is 0 Å². The topological polar surface area (TPSA) is 12.9 Å². The van der Waals surface area contributed by atoms with Crippen molar-refractivity contribution in [2.24, 2.45) is 0 Å². The van der Waals surface area contributed by atoms with Gasteiger partial charge in [0.05, 0.1) is 0 Å². The van der Waals surface area contributed by atoms with E-state index in [1.807, 2.05) is 0 Å². The highest BCUT2D eigenvalue weighted by atomic mass is 35.5. The van der Waals surface area contributed by atoms with Gasteiger partial charge in [-0.1, -0.05) is 0 Å². The van der Waals surface area contributed by atoms with Crippen LogP contribution in [-0.2, 0) is 6.18 Å². The Bertz CT molecular complexity index is 260. The predicted octanol–water partition coefficient (Wildman–Crippen LogP) is 2.66. The van der Waals surface area contributed by atoms with Gasteiger partial charge in [0.15, 0.2) is 11.5 Å². The van der Waals surface area contributed by atoms with Crippen LogP contribution in [0, 0.1) is 5.82 Å². The van der Waals surface area contributed by atoms with Crippen molar-refractivity contribution in [3.8, 4) is 0 Å². The number of hydrogen-bond donors (Lipinski definition) is 0. The summed E-state index contributed by atoms with van der Waals surface area (Å²) in [5.74, 6) is -1.35. The molecule has 68 valence electrons. The number of rotatable bonds is 0. The molecule has 1 heterocycles. The zero-order chi connectivity index (χ0) is 8.48. The summed E-state index contributed by atoms with van der Waals surface area (Å²) >= 11 is 0. The van der Waals surface area contributed by atoms with E-state index in [0.29, 0.717) is 0 Å². The third-order valence-electron chi connectivity index (χ3n) is 1.03. The van der Waals surface area contributed by atoms with E-state index >= 15 is 0 Å². The molecule has 0 aliphatic heterocycles. The van der Waals surface area contributed by atoms with E-state index < -0.39 is 17.7 Å². The quantitative estimate of drug-likeness (QED) is 0.588. The van der Waals surface area contributed by atoms with Gasteiger partial charge in [-0.15, -0.1) is 12.4 Å². The minimum Gasteiger partial charge on any atom is -0.249 e. The Labute approximate surface area is 71.8 Å². The number of halogens is 5. The van der Waals surface area contributed by atoms with E-state index in [1.165, 1.54) is 0 Å². The fourth-order valence-corrected chi connectivity index (χ4v) is 0.594. The molecule has 0 saturated carbocycles. The molecule has 0 saturated heterocycles. The Morgan fingerprint density at radius 3 is 2.17 bits per heavy atom. The Morgan fingerprint density at radius 2 is 1.83 bits per heavy atom. The fourth-order valence-electron chi connectivity index (χ4n) is 0.594. The minimum absolute atomic E-state index is 0. The maximum absolute atomic E-state index is 12.3. The van der Waals surface area contributed by atoms with Crippen molar-refractivity contribution in [2.45, 2.75) is 6.18 Å². The average molecular weight is 202 g/mol. The van der Waals surface area contributed by atoms with Crippen molar-refractivity contribution >= 4 is 12.4 Å². The average Bonchev–Trinajstić information content (AvgIpc) is 1.86. The highest BCUT2D eigenvalue weighted by molar-refractivity contribution is 5.85. The van der Waals surface area contributed by atoms with E-state index in [4.69, 9.17) is 0 Å². The Morgan fingerprint density at radius 1 is 1.25 bits per heavy atom. The lowest BCUT2D eigenvalue weighted by atomic mass is 10.3. The standard InChI is InChI=1S/C6H3F4N.ClH/c7-4-2-1-3-11-5(4)6(8,9)10;/h1-3H;1H. The third-order valence-corrected chi connectivity index (χ3v) is 1.03. The van der Waals surface area contributed by atoms with Crippen LogP contribution in [0.5, 0.6) is 0 Å². The highest BCUT2D eigenvalue weighted by Crippen LogP contribution is 2.28. The zero-order valence-electron chi connectivity index (χ0n) is 5.60. The maximum Gasteiger partial charge on any atom is 0.436 e. The molecule has 6 heteroatoms. The lowest BCUT2D eigenvalue weighted by Crippen LogP contribution is -2.10. The number of nitrogens with zero attached hydrogens (tertiary/aromatic N) is 1. The maximum atomic E-state index is 12.3. The number of pyridine rings is 1. The van der Waals surface area contributed by atoms with Gasteiger partial charge in [-0.2, -0.15) is 13.2 Å². The van der Waals surface area contributed by atoms with Crippen LogP contribution in [0.15, 0.2) is 18.3 Å².